The first-order chi connectivity index (χ1) is 13.7. The Labute approximate surface area is 167 Å². The molecular weight excluding hydrogens is 348 g/mol. The van der Waals surface area contributed by atoms with E-state index in [-0.39, 0.29) is 5.91 Å². The van der Waals surface area contributed by atoms with Crippen molar-refractivity contribution in [2.24, 2.45) is 0 Å². The molecule has 3 heterocycles. The molecule has 2 aliphatic heterocycles. The van der Waals surface area contributed by atoms with E-state index in [2.05, 4.69) is 27.0 Å². The largest absolute Gasteiger partial charge is 0.371 e. The number of carbonyl (C=O) groups excluding carboxylic acids is 1. The number of hydrogen-bond donors (Lipinski definition) is 1. The van der Waals surface area contributed by atoms with Crippen molar-refractivity contribution in [1.29, 1.82) is 0 Å². The van der Waals surface area contributed by atoms with Crippen LogP contribution in [0.1, 0.15) is 48.7 Å². The maximum Gasteiger partial charge on any atom is 0.270 e. The molecule has 0 saturated carbocycles. The van der Waals surface area contributed by atoms with E-state index in [0.717, 1.165) is 30.4 Å². The third-order valence-electron chi connectivity index (χ3n) is 6.18. The number of rotatable bonds is 5. The molecule has 2 saturated heterocycles. The van der Waals surface area contributed by atoms with Gasteiger partial charge in [-0.25, -0.2) is 0 Å². The highest BCUT2D eigenvalue weighted by Crippen LogP contribution is 2.27. The number of carbonyl (C=O) groups is 1. The maximum absolute atomic E-state index is 12.5. The highest BCUT2D eigenvalue weighted by Gasteiger charge is 2.30. The highest BCUT2D eigenvalue weighted by atomic mass is 16.1. The lowest BCUT2D eigenvalue weighted by Gasteiger charge is -2.39. The summed E-state index contributed by atoms with van der Waals surface area (Å²) in [4.78, 5) is 21.9. The zero-order valence-electron chi connectivity index (χ0n) is 16.7. The first-order valence-electron chi connectivity index (χ1n) is 10.5. The standard InChI is InChI=1S/C23H30N4O/c1-18-6-5-13-27(18)20-10-14-26(15-11-20)21-9-12-24-22(16-21)23(28)25-17-19-7-3-2-4-8-19/h2-4,7-9,12,16,18,20H,5-6,10-11,13-15,17H2,1H3,(H,25,28). The van der Waals surface area contributed by atoms with Crippen LogP contribution < -0.4 is 10.2 Å². The molecule has 5 nitrogen and oxygen atoms in total. The zero-order valence-corrected chi connectivity index (χ0v) is 16.7. The van der Waals surface area contributed by atoms with Crippen LogP contribution in [0.2, 0.25) is 0 Å². The maximum atomic E-state index is 12.5. The summed E-state index contributed by atoms with van der Waals surface area (Å²) in [5.74, 6) is -0.119. The van der Waals surface area contributed by atoms with Crippen LogP contribution >= 0.6 is 0 Å². The van der Waals surface area contributed by atoms with Gasteiger partial charge >= 0.3 is 0 Å². The molecule has 2 aliphatic rings. The van der Waals surface area contributed by atoms with E-state index in [4.69, 9.17) is 0 Å². The molecule has 2 fully saturated rings. The molecule has 148 valence electrons. The first-order valence-corrected chi connectivity index (χ1v) is 10.5. The van der Waals surface area contributed by atoms with Gasteiger partial charge in [0.15, 0.2) is 0 Å². The van der Waals surface area contributed by atoms with Gasteiger partial charge in [0.05, 0.1) is 0 Å². The molecule has 5 heteroatoms. The minimum Gasteiger partial charge on any atom is -0.371 e. The summed E-state index contributed by atoms with van der Waals surface area (Å²) in [7, 11) is 0. The van der Waals surface area contributed by atoms with Crippen LogP contribution in [0, 0.1) is 0 Å². The Hall–Kier alpha value is -2.40. The number of nitrogens with one attached hydrogen (secondary N) is 1. The van der Waals surface area contributed by atoms with Gasteiger partial charge in [-0.15, -0.1) is 0 Å². The average Bonchev–Trinajstić information content (AvgIpc) is 3.19. The summed E-state index contributed by atoms with van der Waals surface area (Å²) in [5, 5.41) is 2.97. The Morgan fingerprint density at radius 3 is 2.61 bits per heavy atom. The normalized spacial score (nSPS) is 21.0. The van der Waals surface area contributed by atoms with E-state index >= 15 is 0 Å². The van der Waals surface area contributed by atoms with Crippen molar-refractivity contribution >= 4 is 11.6 Å². The van der Waals surface area contributed by atoms with Crippen LogP contribution in [-0.4, -0.2) is 47.5 Å². The number of aromatic nitrogens is 1. The van der Waals surface area contributed by atoms with Crippen molar-refractivity contribution in [3.05, 3.63) is 59.9 Å². The summed E-state index contributed by atoms with van der Waals surface area (Å²) in [6.07, 6.45) is 6.82. The van der Waals surface area contributed by atoms with Gasteiger partial charge in [0.1, 0.15) is 5.69 Å². The fourth-order valence-corrected chi connectivity index (χ4v) is 4.56. The van der Waals surface area contributed by atoms with E-state index in [9.17, 15) is 4.79 Å². The van der Waals surface area contributed by atoms with E-state index in [1.54, 1.807) is 6.20 Å². The van der Waals surface area contributed by atoms with Crippen LogP contribution in [-0.2, 0) is 6.54 Å². The molecule has 2 aromatic rings. The van der Waals surface area contributed by atoms with E-state index in [1.807, 2.05) is 42.5 Å². The van der Waals surface area contributed by atoms with Gasteiger partial charge in [-0.2, -0.15) is 0 Å². The van der Waals surface area contributed by atoms with Gasteiger partial charge in [-0.05, 0) is 56.8 Å². The molecule has 0 radical (unpaired) electrons. The summed E-state index contributed by atoms with van der Waals surface area (Å²) < 4.78 is 0. The van der Waals surface area contributed by atoms with Gasteiger partial charge < -0.3 is 10.2 Å². The summed E-state index contributed by atoms with van der Waals surface area (Å²) in [5.41, 5.74) is 2.68. The summed E-state index contributed by atoms with van der Waals surface area (Å²) >= 11 is 0. The molecule has 0 spiro atoms. The lowest BCUT2D eigenvalue weighted by Crippen LogP contribution is -2.46. The predicted molar refractivity (Wildman–Crippen MR) is 112 cm³/mol. The van der Waals surface area contributed by atoms with Crippen molar-refractivity contribution < 1.29 is 4.79 Å². The molecule has 4 rings (SSSR count). The highest BCUT2D eigenvalue weighted by molar-refractivity contribution is 5.93. The fraction of sp³-hybridized carbons (Fsp3) is 0.478. The molecule has 1 N–H and O–H groups in total. The van der Waals surface area contributed by atoms with Crippen LogP contribution in [0.25, 0.3) is 0 Å². The second-order valence-electron chi connectivity index (χ2n) is 8.01. The quantitative estimate of drug-likeness (QED) is 0.866. The number of benzene rings is 1. The number of hydrogen-bond acceptors (Lipinski definition) is 4. The fourth-order valence-electron chi connectivity index (χ4n) is 4.56. The van der Waals surface area contributed by atoms with Crippen molar-refractivity contribution in [1.82, 2.24) is 15.2 Å². The predicted octanol–water partition coefficient (Wildman–Crippen LogP) is 3.46. The minimum atomic E-state index is -0.119. The number of likely N-dealkylation sites (tertiary alicyclic amines) is 1. The SMILES string of the molecule is CC1CCCN1C1CCN(c2ccnc(C(=O)NCc3ccccc3)c2)CC1. The second kappa shape index (κ2) is 8.74. The number of amides is 1. The molecule has 1 aromatic carbocycles. The van der Waals surface area contributed by atoms with E-state index in [0.29, 0.717) is 18.3 Å². The van der Waals surface area contributed by atoms with Crippen LogP contribution in [0.5, 0.6) is 0 Å². The average molecular weight is 379 g/mol. The molecular formula is C23H30N4O. The molecule has 0 bridgehead atoms. The van der Waals surface area contributed by atoms with Crippen molar-refractivity contribution in [2.45, 2.75) is 51.2 Å². The topological polar surface area (TPSA) is 48.5 Å². The van der Waals surface area contributed by atoms with Crippen LogP contribution in [0.15, 0.2) is 48.7 Å². The van der Waals surface area contributed by atoms with Crippen molar-refractivity contribution in [3.63, 3.8) is 0 Å². The lowest BCUT2D eigenvalue weighted by atomic mass is 10.0. The summed E-state index contributed by atoms with van der Waals surface area (Å²) in [6.45, 7) is 6.23. The Morgan fingerprint density at radius 2 is 1.89 bits per heavy atom. The zero-order chi connectivity index (χ0) is 19.3. The Kier molecular flexibility index (Phi) is 5.91. The van der Waals surface area contributed by atoms with Gasteiger partial charge in [0.2, 0.25) is 0 Å². The second-order valence-corrected chi connectivity index (χ2v) is 8.01. The number of anilines is 1. The van der Waals surface area contributed by atoms with Gasteiger partial charge in [0, 0.05) is 43.6 Å². The third kappa shape index (κ3) is 4.36. The summed E-state index contributed by atoms with van der Waals surface area (Å²) in [6, 6.07) is 15.3. The molecule has 1 aromatic heterocycles. The number of nitrogens with zero attached hydrogens (tertiary/aromatic N) is 3. The smallest absolute Gasteiger partial charge is 0.270 e. The molecule has 1 atom stereocenters. The van der Waals surface area contributed by atoms with Crippen LogP contribution in [0.4, 0.5) is 5.69 Å². The molecule has 0 aliphatic carbocycles. The number of pyridine rings is 1. The van der Waals surface area contributed by atoms with E-state index in [1.165, 1.54) is 32.2 Å². The van der Waals surface area contributed by atoms with Crippen molar-refractivity contribution in [2.75, 3.05) is 24.5 Å². The monoisotopic (exact) mass is 378 g/mol. The lowest BCUT2D eigenvalue weighted by molar-refractivity contribution is 0.0946. The Balaban J connectivity index is 1.34. The van der Waals surface area contributed by atoms with Crippen molar-refractivity contribution in [3.8, 4) is 0 Å². The third-order valence-corrected chi connectivity index (χ3v) is 6.18. The van der Waals surface area contributed by atoms with Gasteiger partial charge in [-0.1, -0.05) is 30.3 Å². The molecule has 1 amide bonds. The number of piperidine rings is 1. The van der Waals surface area contributed by atoms with Gasteiger partial charge in [0.25, 0.3) is 5.91 Å². The molecule has 1 unspecified atom stereocenters. The van der Waals surface area contributed by atoms with E-state index < -0.39 is 0 Å². The first kappa shape index (κ1) is 18.9. The minimum absolute atomic E-state index is 0.119. The molecule has 28 heavy (non-hydrogen) atoms. The Bertz CT molecular complexity index is 786. The Morgan fingerprint density at radius 1 is 1.11 bits per heavy atom. The van der Waals surface area contributed by atoms with Crippen LogP contribution in [0.3, 0.4) is 0 Å². The van der Waals surface area contributed by atoms with Gasteiger partial charge in [-0.3, -0.25) is 14.7 Å².